The van der Waals surface area contributed by atoms with E-state index in [2.05, 4.69) is 33.5 Å². The number of benzene rings is 1. The zero-order valence-corrected chi connectivity index (χ0v) is 21.4. The van der Waals surface area contributed by atoms with Crippen LogP contribution in [0, 0.1) is 6.92 Å². The van der Waals surface area contributed by atoms with E-state index < -0.39 is 0 Å². The van der Waals surface area contributed by atoms with Crippen LogP contribution in [-0.4, -0.2) is 17.6 Å². The molecule has 0 heterocycles. The minimum Gasteiger partial charge on any atom is -0.362 e. The molecule has 170 valence electrons. The molecule has 3 nitrogen and oxygen atoms in total. The van der Waals surface area contributed by atoms with E-state index in [-0.39, 0.29) is 5.91 Å². The van der Waals surface area contributed by atoms with E-state index in [9.17, 15) is 4.79 Å². The Morgan fingerprint density at radius 2 is 1.37 bits per heavy atom. The topological polar surface area (TPSA) is 41.1 Å². The second kappa shape index (κ2) is 17.7. The van der Waals surface area contributed by atoms with Gasteiger partial charge in [0.2, 0.25) is 0 Å². The molecule has 5 heteroatoms. The molecule has 2 N–H and O–H groups in total. The number of unbranched alkanes of at least 4 members (excludes halogenated alkanes) is 13. The number of thiocarbonyl (C=S) groups is 1. The number of carbonyl (C=O) groups is 1. The van der Waals surface area contributed by atoms with Gasteiger partial charge in [-0.15, -0.1) is 0 Å². The van der Waals surface area contributed by atoms with Crippen LogP contribution < -0.4 is 10.6 Å². The number of hydrogen-bond acceptors (Lipinski definition) is 2. The van der Waals surface area contributed by atoms with Crippen LogP contribution in [0.1, 0.15) is 113 Å². The largest absolute Gasteiger partial charge is 0.362 e. The average molecular weight is 498 g/mol. The lowest BCUT2D eigenvalue weighted by molar-refractivity contribution is 0.0976. The lowest BCUT2D eigenvalue weighted by Gasteiger charge is -2.10. The van der Waals surface area contributed by atoms with Crippen molar-refractivity contribution in [2.45, 2.75) is 104 Å². The van der Waals surface area contributed by atoms with E-state index >= 15 is 0 Å². The molecule has 0 aliphatic carbocycles. The van der Waals surface area contributed by atoms with Crippen LogP contribution in [0.3, 0.4) is 0 Å². The van der Waals surface area contributed by atoms with Crippen molar-refractivity contribution in [3.8, 4) is 0 Å². The first kappa shape index (κ1) is 27.1. The average Bonchev–Trinajstić information content (AvgIpc) is 2.72. The molecule has 0 radical (unpaired) electrons. The van der Waals surface area contributed by atoms with Crippen LogP contribution in [0.15, 0.2) is 22.7 Å². The standard InChI is InChI=1S/C25H41BrN2OS/c1-3-4-5-6-7-8-9-10-11-12-13-14-15-16-19-27-25(30)28-24(29)22-18-17-21(2)23(26)20-22/h17-18,20H,3-16,19H2,1-2H3,(H2,27,28,29,30). The van der Waals surface area contributed by atoms with Gasteiger partial charge in [0.15, 0.2) is 5.11 Å². The zero-order chi connectivity index (χ0) is 22.0. The lowest BCUT2D eigenvalue weighted by Crippen LogP contribution is -2.39. The lowest BCUT2D eigenvalue weighted by atomic mass is 10.0. The van der Waals surface area contributed by atoms with Gasteiger partial charge in [-0.2, -0.15) is 0 Å². The van der Waals surface area contributed by atoms with Crippen LogP contribution in [0.2, 0.25) is 0 Å². The fourth-order valence-corrected chi connectivity index (χ4v) is 4.05. The molecule has 0 atom stereocenters. The van der Waals surface area contributed by atoms with E-state index in [1.807, 2.05) is 25.1 Å². The Bertz CT molecular complexity index is 621. The fraction of sp³-hybridized carbons (Fsp3) is 0.680. The highest BCUT2D eigenvalue weighted by atomic mass is 79.9. The monoisotopic (exact) mass is 496 g/mol. The van der Waals surface area contributed by atoms with Crippen LogP contribution in [0.5, 0.6) is 0 Å². The first-order valence-corrected chi connectivity index (χ1v) is 13.1. The fourth-order valence-electron chi connectivity index (χ4n) is 3.48. The van der Waals surface area contributed by atoms with Gasteiger partial charge >= 0.3 is 0 Å². The summed E-state index contributed by atoms with van der Waals surface area (Å²) in [5.41, 5.74) is 1.71. The van der Waals surface area contributed by atoms with Crippen LogP contribution in [-0.2, 0) is 0 Å². The van der Waals surface area contributed by atoms with Gasteiger partial charge in [0.05, 0.1) is 0 Å². The van der Waals surface area contributed by atoms with Gasteiger partial charge in [-0.3, -0.25) is 10.1 Å². The normalized spacial score (nSPS) is 10.8. The molecule has 1 amide bonds. The molecular formula is C25H41BrN2OS. The van der Waals surface area contributed by atoms with Gasteiger partial charge < -0.3 is 5.32 Å². The summed E-state index contributed by atoms with van der Waals surface area (Å²) >= 11 is 8.69. The maximum atomic E-state index is 12.2. The van der Waals surface area contributed by atoms with E-state index in [4.69, 9.17) is 12.2 Å². The van der Waals surface area contributed by atoms with Crippen molar-refractivity contribution in [3.63, 3.8) is 0 Å². The van der Waals surface area contributed by atoms with Gasteiger partial charge in [0.1, 0.15) is 0 Å². The Balaban J connectivity index is 1.92. The predicted molar refractivity (Wildman–Crippen MR) is 137 cm³/mol. The Kier molecular flexibility index (Phi) is 16.0. The molecule has 0 unspecified atom stereocenters. The number of rotatable bonds is 16. The third-order valence-corrected chi connectivity index (χ3v) is 6.58. The molecule has 0 spiro atoms. The maximum Gasteiger partial charge on any atom is 0.257 e. The van der Waals surface area contributed by atoms with Crippen LogP contribution in [0.25, 0.3) is 0 Å². The number of carbonyl (C=O) groups excluding carboxylic acids is 1. The van der Waals surface area contributed by atoms with Gasteiger partial charge in [0.25, 0.3) is 5.91 Å². The minimum absolute atomic E-state index is 0.172. The molecule has 1 rings (SSSR count). The third kappa shape index (κ3) is 13.4. The molecular weight excluding hydrogens is 456 g/mol. The second-order valence-electron chi connectivity index (χ2n) is 8.27. The summed E-state index contributed by atoms with van der Waals surface area (Å²) in [5, 5.41) is 6.30. The molecule has 0 bridgehead atoms. The van der Waals surface area contributed by atoms with Gasteiger partial charge in [-0.25, -0.2) is 0 Å². The molecule has 0 aliphatic heterocycles. The summed E-state index contributed by atoms with van der Waals surface area (Å²) < 4.78 is 0.927. The van der Waals surface area contributed by atoms with Crippen LogP contribution in [0.4, 0.5) is 0 Å². The summed E-state index contributed by atoms with van der Waals surface area (Å²) in [5.74, 6) is -0.172. The number of hydrogen-bond donors (Lipinski definition) is 2. The summed E-state index contributed by atoms with van der Waals surface area (Å²) in [6.45, 7) is 5.08. The molecule has 1 aromatic carbocycles. The van der Waals surface area contributed by atoms with Crippen molar-refractivity contribution in [2.24, 2.45) is 0 Å². The van der Waals surface area contributed by atoms with Crippen molar-refractivity contribution in [3.05, 3.63) is 33.8 Å². The number of nitrogens with one attached hydrogen (secondary N) is 2. The summed E-state index contributed by atoms with van der Waals surface area (Å²) in [7, 11) is 0. The van der Waals surface area contributed by atoms with Crippen molar-refractivity contribution >= 4 is 39.2 Å². The van der Waals surface area contributed by atoms with E-state index in [0.29, 0.717) is 10.7 Å². The summed E-state index contributed by atoms with van der Waals surface area (Å²) in [6.07, 6.45) is 18.9. The smallest absolute Gasteiger partial charge is 0.257 e. The first-order valence-electron chi connectivity index (χ1n) is 11.9. The van der Waals surface area contributed by atoms with E-state index in [1.54, 1.807) is 0 Å². The van der Waals surface area contributed by atoms with Crippen molar-refractivity contribution in [1.82, 2.24) is 10.6 Å². The summed E-state index contributed by atoms with van der Waals surface area (Å²) in [4.78, 5) is 12.2. The summed E-state index contributed by atoms with van der Waals surface area (Å²) in [6, 6.07) is 5.55. The van der Waals surface area contributed by atoms with E-state index in [0.717, 1.165) is 23.0 Å². The Labute approximate surface area is 198 Å². The third-order valence-electron chi connectivity index (χ3n) is 5.48. The van der Waals surface area contributed by atoms with Gasteiger partial charge in [0, 0.05) is 16.6 Å². The molecule has 0 aliphatic rings. The van der Waals surface area contributed by atoms with Crippen molar-refractivity contribution in [1.29, 1.82) is 0 Å². The second-order valence-corrected chi connectivity index (χ2v) is 9.53. The van der Waals surface area contributed by atoms with Crippen molar-refractivity contribution in [2.75, 3.05) is 6.54 Å². The molecule has 0 aromatic heterocycles. The van der Waals surface area contributed by atoms with E-state index in [1.165, 1.54) is 83.5 Å². The minimum atomic E-state index is -0.172. The number of amides is 1. The first-order chi connectivity index (χ1) is 14.5. The molecule has 0 saturated heterocycles. The predicted octanol–water partition coefficient (Wildman–Crippen LogP) is 7.84. The van der Waals surface area contributed by atoms with Gasteiger partial charge in [-0.05, 0) is 43.3 Å². The Morgan fingerprint density at radius 3 is 1.87 bits per heavy atom. The molecule has 0 saturated carbocycles. The highest BCUT2D eigenvalue weighted by Crippen LogP contribution is 2.17. The SMILES string of the molecule is CCCCCCCCCCCCCCCCNC(=S)NC(=O)c1ccc(C)c(Br)c1. The van der Waals surface area contributed by atoms with Crippen LogP contribution >= 0.6 is 28.1 Å². The molecule has 30 heavy (non-hydrogen) atoms. The highest BCUT2D eigenvalue weighted by molar-refractivity contribution is 9.10. The van der Waals surface area contributed by atoms with Gasteiger partial charge in [-0.1, -0.05) is 112 Å². The Morgan fingerprint density at radius 1 is 0.867 bits per heavy atom. The maximum absolute atomic E-state index is 12.2. The molecule has 1 aromatic rings. The molecule has 0 fully saturated rings. The number of aryl methyl sites for hydroxylation is 1. The quantitative estimate of drug-likeness (QED) is 0.181. The highest BCUT2D eigenvalue weighted by Gasteiger charge is 2.08. The Hall–Kier alpha value is -0.940. The zero-order valence-electron chi connectivity index (χ0n) is 19.0. The van der Waals surface area contributed by atoms with Crippen molar-refractivity contribution < 1.29 is 4.79 Å². The number of halogens is 1.